The largest absolute Gasteiger partial charge is 0.443 e. The highest BCUT2D eigenvalue weighted by Crippen LogP contribution is 2.35. The first-order valence-electron chi connectivity index (χ1n) is 11.3. The zero-order chi connectivity index (χ0) is 24.2. The molecule has 0 saturated carbocycles. The quantitative estimate of drug-likeness (QED) is 0.285. The standard InChI is InChI=1S/C22H35ClN8O2/c1-14(2)11-26-20(24)29-31-10-8-16-18(17(23)12-25-19(16)31)30-9-6-7-15(13-30)27-28-21(32)33-22(3,4)5/h8,10,12,14-15,27H,6-7,9,11,13H2,1-5H3,(H,28,32)(H3,24,26,29)/t15-/m1/s1. The van der Waals surface area contributed by atoms with Gasteiger partial charge in [-0.05, 0) is 45.6 Å². The van der Waals surface area contributed by atoms with E-state index in [-0.39, 0.29) is 6.04 Å². The minimum absolute atomic E-state index is 0.0459. The Kier molecular flexibility index (Phi) is 7.91. The normalized spacial score (nSPS) is 17.5. The summed E-state index contributed by atoms with van der Waals surface area (Å²) in [6.45, 7) is 11.8. The van der Waals surface area contributed by atoms with E-state index >= 15 is 0 Å². The number of hydrogen-bond acceptors (Lipinski definition) is 6. The van der Waals surface area contributed by atoms with Gasteiger partial charge >= 0.3 is 6.09 Å². The number of amides is 1. The molecule has 3 rings (SSSR count). The van der Waals surface area contributed by atoms with E-state index in [9.17, 15) is 4.79 Å². The Balaban J connectivity index is 1.73. The number of fused-ring (bicyclic) bond motifs is 1. The number of pyridine rings is 1. The monoisotopic (exact) mass is 478 g/mol. The molecule has 0 spiro atoms. The van der Waals surface area contributed by atoms with Crippen molar-refractivity contribution in [1.82, 2.24) is 20.5 Å². The number of aliphatic imine (C=N–C) groups is 1. The summed E-state index contributed by atoms with van der Waals surface area (Å²) < 4.78 is 7.04. The molecule has 1 atom stereocenters. The van der Waals surface area contributed by atoms with E-state index in [1.165, 1.54) is 0 Å². The zero-order valence-corrected chi connectivity index (χ0v) is 20.7. The van der Waals surface area contributed by atoms with Crippen molar-refractivity contribution in [3.8, 4) is 0 Å². The van der Waals surface area contributed by atoms with Gasteiger partial charge < -0.3 is 15.4 Å². The van der Waals surface area contributed by atoms with E-state index in [0.717, 1.165) is 30.5 Å². The Morgan fingerprint density at radius 1 is 1.42 bits per heavy atom. The van der Waals surface area contributed by atoms with Crippen LogP contribution in [0.5, 0.6) is 0 Å². The van der Waals surface area contributed by atoms with E-state index in [2.05, 4.69) is 45.0 Å². The Morgan fingerprint density at radius 3 is 2.88 bits per heavy atom. The van der Waals surface area contributed by atoms with Gasteiger partial charge in [-0.1, -0.05) is 25.4 Å². The molecule has 0 aliphatic carbocycles. The van der Waals surface area contributed by atoms with Gasteiger partial charge in [0.25, 0.3) is 0 Å². The summed E-state index contributed by atoms with van der Waals surface area (Å²) in [4.78, 5) is 23.0. The number of nitrogens with one attached hydrogen (secondary N) is 3. The van der Waals surface area contributed by atoms with Crippen molar-refractivity contribution in [2.24, 2.45) is 16.6 Å². The number of nitrogens with zero attached hydrogens (tertiary/aromatic N) is 4. The molecular weight excluding hydrogens is 444 g/mol. The highest BCUT2D eigenvalue weighted by Gasteiger charge is 2.25. The van der Waals surface area contributed by atoms with Crippen molar-refractivity contribution in [1.29, 1.82) is 0 Å². The van der Waals surface area contributed by atoms with Crippen molar-refractivity contribution in [2.45, 2.75) is 59.1 Å². The lowest BCUT2D eigenvalue weighted by atomic mass is 10.1. The van der Waals surface area contributed by atoms with Crippen LogP contribution < -0.4 is 26.9 Å². The fourth-order valence-electron chi connectivity index (χ4n) is 3.66. The highest BCUT2D eigenvalue weighted by molar-refractivity contribution is 6.34. The Bertz CT molecular complexity index is 998. The molecule has 1 aliphatic heterocycles. The van der Waals surface area contributed by atoms with Gasteiger partial charge in [-0.15, -0.1) is 0 Å². The number of anilines is 1. The van der Waals surface area contributed by atoms with Gasteiger partial charge in [0.15, 0.2) is 5.65 Å². The molecule has 1 fully saturated rings. The second-order valence-corrected chi connectivity index (χ2v) is 10.1. The number of rotatable bonds is 6. The van der Waals surface area contributed by atoms with Crippen molar-refractivity contribution in [2.75, 3.05) is 30.0 Å². The van der Waals surface area contributed by atoms with E-state index < -0.39 is 11.7 Å². The average molecular weight is 479 g/mol. The summed E-state index contributed by atoms with van der Waals surface area (Å²) in [5, 5.41) is 1.48. The van der Waals surface area contributed by atoms with Crippen molar-refractivity contribution in [3.05, 3.63) is 23.5 Å². The molecule has 0 radical (unpaired) electrons. The topological polar surface area (TPSA) is 122 Å². The molecule has 3 heterocycles. The summed E-state index contributed by atoms with van der Waals surface area (Å²) in [6, 6.07) is 2.01. The predicted octanol–water partition coefficient (Wildman–Crippen LogP) is 3.20. The van der Waals surface area contributed by atoms with E-state index in [4.69, 9.17) is 22.1 Å². The van der Waals surface area contributed by atoms with Crippen LogP contribution in [0.2, 0.25) is 5.02 Å². The van der Waals surface area contributed by atoms with Crippen molar-refractivity contribution < 1.29 is 9.53 Å². The molecule has 1 aliphatic rings. The van der Waals surface area contributed by atoms with Crippen LogP contribution in [0, 0.1) is 5.92 Å². The van der Waals surface area contributed by atoms with Crippen LogP contribution in [-0.2, 0) is 4.74 Å². The molecule has 2 aromatic rings. The molecule has 10 nitrogen and oxygen atoms in total. The summed E-state index contributed by atoms with van der Waals surface area (Å²) in [6.07, 6.45) is 4.88. The minimum atomic E-state index is -0.551. The number of piperidine rings is 1. The smallest absolute Gasteiger partial charge is 0.422 e. The Hall–Kier alpha value is -2.72. The predicted molar refractivity (Wildman–Crippen MR) is 133 cm³/mol. The van der Waals surface area contributed by atoms with Gasteiger partial charge in [-0.3, -0.25) is 15.8 Å². The lowest BCUT2D eigenvalue weighted by Crippen LogP contribution is -2.53. The minimum Gasteiger partial charge on any atom is -0.443 e. The molecule has 0 unspecified atom stereocenters. The third-order valence-electron chi connectivity index (χ3n) is 5.02. The summed E-state index contributed by atoms with van der Waals surface area (Å²) in [7, 11) is 0. The van der Waals surface area contributed by atoms with E-state index in [1.54, 1.807) is 10.9 Å². The van der Waals surface area contributed by atoms with Gasteiger partial charge in [0.2, 0.25) is 5.96 Å². The molecule has 11 heteroatoms. The third-order valence-corrected chi connectivity index (χ3v) is 5.29. The first-order chi connectivity index (χ1) is 15.5. The average Bonchev–Trinajstić information content (AvgIpc) is 3.12. The number of hydrogen-bond donors (Lipinski definition) is 4. The summed E-state index contributed by atoms with van der Waals surface area (Å²) >= 11 is 6.59. The maximum absolute atomic E-state index is 12.0. The maximum Gasteiger partial charge on any atom is 0.422 e. The number of halogens is 1. The number of guanidine groups is 1. The van der Waals surface area contributed by atoms with Gasteiger partial charge in [-0.2, -0.15) is 0 Å². The third kappa shape index (κ3) is 6.88. The van der Waals surface area contributed by atoms with Crippen LogP contribution in [-0.4, -0.2) is 53.0 Å². The van der Waals surface area contributed by atoms with Crippen LogP contribution >= 0.6 is 11.6 Å². The molecule has 182 valence electrons. The maximum atomic E-state index is 12.0. The van der Waals surface area contributed by atoms with Crippen LogP contribution in [0.15, 0.2) is 23.5 Å². The molecule has 0 bridgehead atoms. The first kappa shape index (κ1) is 24.9. The van der Waals surface area contributed by atoms with Crippen LogP contribution in [0.4, 0.5) is 10.5 Å². The Morgan fingerprint density at radius 2 is 2.18 bits per heavy atom. The fraction of sp³-hybridized carbons (Fsp3) is 0.591. The fourth-order valence-corrected chi connectivity index (χ4v) is 3.93. The van der Waals surface area contributed by atoms with Gasteiger partial charge in [-0.25, -0.2) is 19.9 Å². The summed E-state index contributed by atoms with van der Waals surface area (Å²) in [5.41, 5.74) is 15.9. The number of nitrogens with two attached hydrogens (primary N) is 1. The molecule has 1 amide bonds. The number of carbonyl (C=O) groups excluding carboxylic acids is 1. The second-order valence-electron chi connectivity index (χ2n) is 9.67. The second kappa shape index (κ2) is 10.5. The van der Waals surface area contributed by atoms with Crippen molar-refractivity contribution in [3.63, 3.8) is 0 Å². The van der Waals surface area contributed by atoms with E-state index in [0.29, 0.717) is 35.6 Å². The van der Waals surface area contributed by atoms with Crippen molar-refractivity contribution >= 4 is 40.4 Å². The highest BCUT2D eigenvalue weighted by atomic mass is 35.5. The summed E-state index contributed by atoms with van der Waals surface area (Å²) in [5.74, 6) is 0.746. The lowest BCUT2D eigenvalue weighted by Gasteiger charge is -2.35. The number of carbonyl (C=O) groups is 1. The van der Waals surface area contributed by atoms with Crippen LogP contribution in [0.1, 0.15) is 47.5 Å². The lowest BCUT2D eigenvalue weighted by molar-refractivity contribution is 0.0485. The van der Waals surface area contributed by atoms with Crippen LogP contribution in [0.3, 0.4) is 0 Å². The number of ether oxygens (including phenoxy) is 1. The van der Waals surface area contributed by atoms with Gasteiger partial charge in [0.05, 0.1) is 16.9 Å². The first-order valence-corrected chi connectivity index (χ1v) is 11.6. The number of hydrazine groups is 1. The van der Waals surface area contributed by atoms with Crippen LogP contribution in [0.25, 0.3) is 11.0 Å². The van der Waals surface area contributed by atoms with Gasteiger partial charge in [0.1, 0.15) is 5.60 Å². The molecule has 33 heavy (non-hydrogen) atoms. The zero-order valence-electron chi connectivity index (χ0n) is 20.0. The SMILES string of the molecule is CC(C)CN=C(N)Nn1ccc2c(N3CCC[C@@H](NNC(=O)OC(C)(C)C)C3)c(Cl)cnc21. The Labute approximate surface area is 199 Å². The molecule has 2 aromatic heterocycles. The molecule has 5 N–H and O–H groups in total. The number of aromatic nitrogens is 2. The van der Waals surface area contributed by atoms with Gasteiger partial charge in [0, 0.05) is 37.3 Å². The molecular formula is C22H35ClN8O2. The molecule has 1 saturated heterocycles. The molecule has 0 aromatic carbocycles. The van der Waals surface area contributed by atoms with E-state index in [1.807, 2.05) is 33.0 Å².